The number of carbonyl (C=O) groups excluding carboxylic acids is 1. The number of likely N-dealkylation sites (N-methyl/N-ethyl adjacent to an activating group) is 1. The molecule has 1 aromatic heterocycles. The fourth-order valence-corrected chi connectivity index (χ4v) is 2.59. The second kappa shape index (κ2) is 7.83. The lowest BCUT2D eigenvalue weighted by Crippen LogP contribution is -2.37. The summed E-state index contributed by atoms with van der Waals surface area (Å²) in [6.07, 6.45) is 0. The van der Waals surface area contributed by atoms with Crippen LogP contribution in [0.2, 0.25) is 0 Å². The number of hydrogen-bond acceptors (Lipinski definition) is 4. The van der Waals surface area contributed by atoms with Crippen LogP contribution in [-0.2, 0) is 7.05 Å². The van der Waals surface area contributed by atoms with Crippen LogP contribution in [0.25, 0.3) is 0 Å². The van der Waals surface area contributed by atoms with Crippen LogP contribution in [0.4, 0.5) is 10.6 Å². The topological polar surface area (TPSA) is 71.4 Å². The van der Waals surface area contributed by atoms with E-state index in [0.717, 1.165) is 17.0 Å². The Morgan fingerprint density at radius 1 is 1.38 bits per heavy atom. The van der Waals surface area contributed by atoms with Crippen molar-refractivity contribution in [1.82, 2.24) is 20.0 Å². The minimum absolute atomic E-state index is 0.000161. The molecule has 0 saturated heterocycles. The van der Waals surface area contributed by atoms with Gasteiger partial charge in [-0.2, -0.15) is 5.10 Å². The van der Waals surface area contributed by atoms with Crippen LogP contribution in [0, 0.1) is 6.92 Å². The lowest BCUT2D eigenvalue weighted by molar-refractivity contribution is 0.242. The molecule has 2 aromatic rings. The average Bonchev–Trinajstić information content (AvgIpc) is 2.85. The van der Waals surface area contributed by atoms with Crippen molar-refractivity contribution in [3.05, 3.63) is 41.6 Å². The monoisotopic (exact) mass is 331 g/mol. The Hall–Kier alpha value is -2.54. The Balaban J connectivity index is 2.03. The van der Waals surface area contributed by atoms with Gasteiger partial charge in [0.15, 0.2) is 0 Å². The van der Waals surface area contributed by atoms with Gasteiger partial charge in [-0.1, -0.05) is 18.2 Å². The normalized spacial score (nSPS) is 12.1. The number of amides is 2. The summed E-state index contributed by atoms with van der Waals surface area (Å²) in [6, 6.07) is 9.38. The van der Waals surface area contributed by atoms with Crippen LogP contribution in [-0.4, -0.2) is 48.5 Å². The first-order chi connectivity index (χ1) is 11.4. The fraction of sp³-hybridized carbons (Fsp3) is 0.412. The standard InChI is InChI=1S/C17H25N5O2/c1-12-10-16(22(4)20-12)19-17(23)18-11-14(21(2)3)13-8-6-7-9-15(13)24-5/h6-10,14H,11H2,1-5H3,(H2,18,19,23). The van der Waals surface area contributed by atoms with Gasteiger partial charge in [0.25, 0.3) is 0 Å². The summed E-state index contributed by atoms with van der Waals surface area (Å²) in [4.78, 5) is 14.2. The van der Waals surface area contributed by atoms with Crippen LogP contribution >= 0.6 is 0 Å². The Kier molecular flexibility index (Phi) is 5.81. The van der Waals surface area contributed by atoms with Crippen molar-refractivity contribution in [2.24, 2.45) is 7.05 Å². The number of para-hydroxylation sites is 1. The van der Waals surface area contributed by atoms with E-state index in [4.69, 9.17) is 4.74 Å². The quantitative estimate of drug-likeness (QED) is 0.851. The Morgan fingerprint density at radius 2 is 2.08 bits per heavy atom. The molecule has 130 valence electrons. The number of benzene rings is 1. The van der Waals surface area contributed by atoms with Gasteiger partial charge in [0.1, 0.15) is 11.6 Å². The van der Waals surface area contributed by atoms with Gasteiger partial charge in [-0.05, 0) is 27.1 Å². The summed E-state index contributed by atoms with van der Waals surface area (Å²) in [7, 11) is 7.39. The smallest absolute Gasteiger partial charge is 0.320 e. The SMILES string of the molecule is COc1ccccc1C(CNC(=O)Nc1cc(C)nn1C)N(C)C. The van der Waals surface area contributed by atoms with Crippen molar-refractivity contribution >= 4 is 11.8 Å². The summed E-state index contributed by atoms with van der Waals surface area (Å²) in [5, 5.41) is 9.92. The number of carbonyl (C=O) groups is 1. The van der Waals surface area contributed by atoms with Gasteiger partial charge in [0, 0.05) is 25.2 Å². The predicted molar refractivity (Wildman–Crippen MR) is 94.4 cm³/mol. The number of aromatic nitrogens is 2. The molecule has 2 amide bonds. The van der Waals surface area contributed by atoms with E-state index in [1.54, 1.807) is 18.8 Å². The molecule has 24 heavy (non-hydrogen) atoms. The van der Waals surface area contributed by atoms with Crippen molar-refractivity contribution in [2.75, 3.05) is 33.1 Å². The molecule has 0 fully saturated rings. The molecule has 0 aliphatic carbocycles. The number of hydrogen-bond donors (Lipinski definition) is 2. The van der Waals surface area contributed by atoms with E-state index in [2.05, 4.69) is 15.7 Å². The maximum absolute atomic E-state index is 12.2. The van der Waals surface area contributed by atoms with E-state index >= 15 is 0 Å². The highest BCUT2D eigenvalue weighted by molar-refractivity contribution is 5.88. The maximum Gasteiger partial charge on any atom is 0.320 e. The number of urea groups is 1. The third kappa shape index (κ3) is 4.26. The second-order valence-corrected chi connectivity index (χ2v) is 5.85. The zero-order valence-corrected chi connectivity index (χ0v) is 14.8. The number of anilines is 1. The summed E-state index contributed by atoms with van der Waals surface area (Å²) >= 11 is 0. The van der Waals surface area contributed by atoms with Crippen molar-refractivity contribution in [3.8, 4) is 5.75 Å². The molecule has 1 atom stereocenters. The highest BCUT2D eigenvalue weighted by atomic mass is 16.5. The Bertz CT molecular complexity index is 696. The first-order valence-corrected chi connectivity index (χ1v) is 7.77. The molecular weight excluding hydrogens is 306 g/mol. The first-order valence-electron chi connectivity index (χ1n) is 7.77. The minimum Gasteiger partial charge on any atom is -0.496 e. The Labute approximate surface area is 142 Å². The largest absolute Gasteiger partial charge is 0.496 e. The van der Waals surface area contributed by atoms with E-state index < -0.39 is 0 Å². The van der Waals surface area contributed by atoms with Crippen molar-refractivity contribution in [2.45, 2.75) is 13.0 Å². The van der Waals surface area contributed by atoms with Crippen molar-refractivity contribution in [3.63, 3.8) is 0 Å². The summed E-state index contributed by atoms with van der Waals surface area (Å²) < 4.78 is 7.07. The summed E-state index contributed by atoms with van der Waals surface area (Å²) in [5.74, 6) is 1.46. The van der Waals surface area contributed by atoms with Gasteiger partial charge >= 0.3 is 6.03 Å². The van der Waals surface area contributed by atoms with Crippen LogP contribution in [0.3, 0.4) is 0 Å². The van der Waals surface area contributed by atoms with Gasteiger partial charge in [-0.25, -0.2) is 4.79 Å². The van der Waals surface area contributed by atoms with Crippen molar-refractivity contribution in [1.29, 1.82) is 0 Å². The van der Waals surface area contributed by atoms with Gasteiger partial charge in [0.2, 0.25) is 0 Å². The lowest BCUT2D eigenvalue weighted by atomic mass is 10.0. The highest BCUT2D eigenvalue weighted by Crippen LogP contribution is 2.27. The maximum atomic E-state index is 12.2. The third-order valence-electron chi connectivity index (χ3n) is 3.82. The van der Waals surface area contributed by atoms with Crippen LogP contribution in [0.5, 0.6) is 5.75 Å². The molecule has 1 heterocycles. The molecular formula is C17H25N5O2. The van der Waals surface area contributed by atoms with Crippen LogP contribution in [0.1, 0.15) is 17.3 Å². The summed E-state index contributed by atoms with van der Waals surface area (Å²) in [5.41, 5.74) is 1.88. The van der Waals surface area contributed by atoms with Crippen LogP contribution < -0.4 is 15.4 Å². The van der Waals surface area contributed by atoms with E-state index in [-0.39, 0.29) is 12.1 Å². The molecule has 0 spiro atoms. The average molecular weight is 331 g/mol. The zero-order valence-electron chi connectivity index (χ0n) is 14.8. The van der Waals surface area contributed by atoms with Gasteiger partial charge < -0.3 is 15.0 Å². The molecule has 0 aliphatic rings. The zero-order chi connectivity index (χ0) is 17.7. The first kappa shape index (κ1) is 17.8. The molecule has 0 saturated carbocycles. The van der Waals surface area contributed by atoms with E-state index in [1.807, 2.05) is 56.3 Å². The number of nitrogens with one attached hydrogen (secondary N) is 2. The lowest BCUT2D eigenvalue weighted by Gasteiger charge is -2.26. The molecule has 2 rings (SSSR count). The molecule has 7 nitrogen and oxygen atoms in total. The number of aryl methyl sites for hydroxylation is 2. The van der Waals surface area contributed by atoms with Crippen LogP contribution in [0.15, 0.2) is 30.3 Å². The molecule has 7 heteroatoms. The van der Waals surface area contributed by atoms with Crippen molar-refractivity contribution < 1.29 is 9.53 Å². The third-order valence-corrected chi connectivity index (χ3v) is 3.82. The number of ether oxygens (including phenoxy) is 1. The van der Waals surface area contributed by atoms with E-state index in [0.29, 0.717) is 12.4 Å². The molecule has 1 aromatic carbocycles. The number of nitrogens with zero attached hydrogens (tertiary/aromatic N) is 3. The summed E-state index contributed by atoms with van der Waals surface area (Å²) in [6.45, 7) is 2.34. The highest BCUT2D eigenvalue weighted by Gasteiger charge is 2.19. The number of rotatable bonds is 6. The Morgan fingerprint density at radius 3 is 2.67 bits per heavy atom. The van der Waals surface area contributed by atoms with E-state index in [1.165, 1.54) is 0 Å². The van der Waals surface area contributed by atoms with Gasteiger partial charge in [-0.15, -0.1) is 0 Å². The fourth-order valence-electron chi connectivity index (χ4n) is 2.59. The molecule has 0 bridgehead atoms. The predicted octanol–water partition coefficient (Wildman–Crippen LogP) is 2.16. The number of methoxy groups -OCH3 is 1. The molecule has 0 radical (unpaired) electrons. The van der Waals surface area contributed by atoms with Gasteiger partial charge in [-0.3, -0.25) is 10.00 Å². The molecule has 0 aliphatic heterocycles. The van der Waals surface area contributed by atoms with E-state index in [9.17, 15) is 4.79 Å². The molecule has 1 unspecified atom stereocenters. The second-order valence-electron chi connectivity index (χ2n) is 5.85. The van der Waals surface area contributed by atoms with Gasteiger partial charge in [0.05, 0.1) is 18.8 Å². The molecule has 2 N–H and O–H groups in total. The minimum atomic E-state index is -0.264.